The standard InChI is InChI=1S/C12H16N4S/c1-4-5-13-10-6-8(2)14-11(16-10)12-15-9(3)7-17-12/h6-7H,4-5H2,1-3H3,(H,13,14,16). The summed E-state index contributed by atoms with van der Waals surface area (Å²) in [4.78, 5) is 13.3. The maximum absolute atomic E-state index is 4.48. The van der Waals surface area contributed by atoms with Gasteiger partial charge in [-0.2, -0.15) is 0 Å². The summed E-state index contributed by atoms with van der Waals surface area (Å²) in [5.74, 6) is 1.59. The highest BCUT2D eigenvalue weighted by atomic mass is 32.1. The molecular weight excluding hydrogens is 232 g/mol. The molecule has 0 saturated heterocycles. The third-order valence-corrected chi connectivity index (χ3v) is 3.18. The lowest BCUT2D eigenvalue weighted by atomic mass is 10.4. The van der Waals surface area contributed by atoms with E-state index in [9.17, 15) is 0 Å². The van der Waals surface area contributed by atoms with Crippen LogP contribution in [0.25, 0.3) is 10.8 Å². The van der Waals surface area contributed by atoms with Crippen LogP contribution in [-0.2, 0) is 0 Å². The molecule has 2 rings (SSSR count). The third kappa shape index (κ3) is 3.00. The van der Waals surface area contributed by atoms with E-state index in [-0.39, 0.29) is 0 Å². The quantitative estimate of drug-likeness (QED) is 0.903. The Bertz CT molecular complexity index is 507. The molecule has 2 heterocycles. The van der Waals surface area contributed by atoms with Gasteiger partial charge < -0.3 is 5.32 Å². The van der Waals surface area contributed by atoms with Gasteiger partial charge in [0.15, 0.2) is 10.8 Å². The Kier molecular flexibility index (Phi) is 3.68. The van der Waals surface area contributed by atoms with Gasteiger partial charge in [-0.05, 0) is 20.3 Å². The molecular formula is C12H16N4S. The largest absolute Gasteiger partial charge is 0.370 e. The number of hydrogen-bond donors (Lipinski definition) is 1. The van der Waals surface area contributed by atoms with Crippen LogP contribution in [0.1, 0.15) is 24.7 Å². The molecule has 0 aliphatic heterocycles. The summed E-state index contributed by atoms with van der Waals surface area (Å²) in [5, 5.41) is 6.17. The summed E-state index contributed by atoms with van der Waals surface area (Å²) >= 11 is 1.58. The molecule has 0 amide bonds. The molecule has 5 heteroatoms. The highest BCUT2D eigenvalue weighted by Crippen LogP contribution is 2.21. The lowest BCUT2D eigenvalue weighted by Crippen LogP contribution is -2.04. The van der Waals surface area contributed by atoms with Crippen molar-refractivity contribution in [3.8, 4) is 10.8 Å². The fourth-order valence-electron chi connectivity index (χ4n) is 1.46. The fraction of sp³-hybridized carbons (Fsp3) is 0.417. The normalized spacial score (nSPS) is 10.5. The first kappa shape index (κ1) is 12.0. The topological polar surface area (TPSA) is 50.7 Å². The zero-order valence-corrected chi connectivity index (χ0v) is 11.1. The van der Waals surface area contributed by atoms with Crippen LogP contribution in [0.3, 0.4) is 0 Å². The summed E-state index contributed by atoms with van der Waals surface area (Å²) < 4.78 is 0. The predicted octanol–water partition coefficient (Wildman–Crippen LogP) is 3.04. The van der Waals surface area contributed by atoms with Gasteiger partial charge in [-0.25, -0.2) is 15.0 Å². The molecule has 0 saturated carbocycles. The van der Waals surface area contributed by atoms with Crippen molar-refractivity contribution < 1.29 is 0 Å². The van der Waals surface area contributed by atoms with Crippen LogP contribution in [0.4, 0.5) is 5.82 Å². The summed E-state index contributed by atoms with van der Waals surface area (Å²) in [6.45, 7) is 7.01. The number of rotatable bonds is 4. The number of aromatic nitrogens is 3. The molecule has 0 bridgehead atoms. The number of anilines is 1. The van der Waals surface area contributed by atoms with Crippen molar-refractivity contribution in [3.63, 3.8) is 0 Å². The Morgan fingerprint density at radius 3 is 2.65 bits per heavy atom. The number of aryl methyl sites for hydroxylation is 2. The van der Waals surface area contributed by atoms with Crippen molar-refractivity contribution in [3.05, 3.63) is 22.8 Å². The predicted molar refractivity (Wildman–Crippen MR) is 71.4 cm³/mol. The second-order valence-corrected chi connectivity index (χ2v) is 4.80. The van der Waals surface area contributed by atoms with E-state index in [2.05, 4.69) is 27.2 Å². The monoisotopic (exact) mass is 248 g/mol. The molecule has 0 aromatic carbocycles. The van der Waals surface area contributed by atoms with Crippen LogP contribution in [0, 0.1) is 13.8 Å². The van der Waals surface area contributed by atoms with Gasteiger partial charge in [-0.3, -0.25) is 0 Å². The zero-order chi connectivity index (χ0) is 12.3. The minimum atomic E-state index is 0.710. The van der Waals surface area contributed by atoms with Crippen LogP contribution < -0.4 is 5.32 Å². The molecule has 0 aliphatic rings. The molecule has 0 unspecified atom stereocenters. The molecule has 0 radical (unpaired) electrons. The molecule has 2 aromatic heterocycles. The number of hydrogen-bond acceptors (Lipinski definition) is 5. The number of nitrogens with zero attached hydrogens (tertiary/aromatic N) is 3. The van der Waals surface area contributed by atoms with Crippen molar-refractivity contribution in [2.24, 2.45) is 0 Å². The van der Waals surface area contributed by atoms with Gasteiger partial charge >= 0.3 is 0 Å². The van der Waals surface area contributed by atoms with Crippen molar-refractivity contribution in [2.75, 3.05) is 11.9 Å². The Morgan fingerprint density at radius 1 is 1.18 bits per heavy atom. The van der Waals surface area contributed by atoms with Crippen LogP contribution in [0.15, 0.2) is 11.4 Å². The second-order valence-electron chi connectivity index (χ2n) is 3.94. The molecule has 0 aliphatic carbocycles. The van der Waals surface area contributed by atoms with Gasteiger partial charge in [-0.1, -0.05) is 6.92 Å². The van der Waals surface area contributed by atoms with E-state index in [1.807, 2.05) is 25.3 Å². The van der Waals surface area contributed by atoms with Gasteiger partial charge in [0, 0.05) is 29.4 Å². The van der Waals surface area contributed by atoms with Crippen molar-refractivity contribution in [1.82, 2.24) is 15.0 Å². The van der Waals surface area contributed by atoms with Gasteiger partial charge in [0.25, 0.3) is 0 Å². The van der Waals surface area contributed by atoms with E-state index in [4.69, 9.17) is 0 Å². The first-order valence-corrected chi connectivity index (χ1v) is 6.59. The van der Waals surface area contributed by atoms with Gasteiger partial charge in [-0.15, -0.1) is 11.3 Å². The van der Waals surface area contributed by atoms with Crippen LogP contribution >= 0.6 is 11.3 Å². The van der Waals surface area contributed by atoms with Crippen molar-refractivity contribution >= 4 is 17.2 Å². The van der Waals surface area contributed by atoms with E-state index >= 15 is 0 Å². The van der Waals surface area contributed by atoms with Gasteiger partial charge in [0.1, 0.15) is 5.82 Å². The molecule has 0 spiro atoms. The van der Waals surface area contributed by atoms with E-state index in [1.165, 1.54) is 0 Å². The summed E-state index contributed by atoms with van der Waals surface area (Å²) in [6, 6.07) is 1.96. The molecule has 1 N–H and O–H groups in total. The minimum Gasteiger partial charge on any atom is -0.370 e. The molecule has 0 atom stereocenters. The average Bonchev–Trinajstić information content (AvgIpc) is 2.72. The lowest BCUT2D eigenvalue weighted by Gasteiger charge is -2.06. The first-order valence-electron chi connectivity index (χ1n) is 5.71. The van der Waals surface area contributed by atoms with Crippen molar-refractivity contribution in [2.45, 2.75) is 27.2 Å². The zero-order valence-electron chi connectivity index (χ0n) is 10.3. The Hall–Kier alpha value is -1.49. The summed E-state index contributed by atoms with van der Waals surface area (Å²) in [6.07, 6.45) is 1.08. The third-order valence-electron chi connectivity index (χ3n) is 2.22. The van der Waals surface area contributed by atoms with Crippen molar-refractivity contribution in [1.29, 1.82) is 0 Å². The lowest BCUT2D eigenvalue weighted by molar-refractivity contribution is 0.962. The summed E-state index contributed by atoms with van der Waals surface area (Å²) in [7, 11) is 0. The van der Waals surface area contributed by atoms with Crippen LogP contribution in [0.5, 0.6) is 0 Å². The molecule has 90 valence electrons. The number of thiazole rings is 1. The second kappa shape index (κ2) is 5.23. The highest BCUT2D eigenvalue weighted by Gasteiger charge is 2.08. The van der Waals surface area contributed by atoms with E-state index < -0.39 is 0 Å². The van der Waals surface area contributed by atoms with E-state index in [0.29, 0.717) is 5.82 Å². The van der Waals surface area contributed by atoms with Gasteiger partial charge in [0.2, 0.25) is 0 Å². The molecule has 0 fully saturated rings. The Balaban J connectivity index is 2.31. The molecule has 2 aromatic rings. The SMILES string of the molecule is CCCNc1cc(C)nc(-c2nc(C)cs2)n1. The first-order chi connectivity index (χ1) is 8.19. The smallest absolute Gasteiger partial charge is 0.190 e. The average molecular weight is 248 g/mol. The maximum Gasteiger partial charge on any atom is 0.190 e. The minimum absolute atomic E-state index is 0.710. The maximum atomic E-state index is 4.48. The molecule has 4 nitrogen and oxygen atoms in total. The van der Waals surface area contributed by atoms with Crippen LogP contribution in [-0.4, -0.2) is 21.5 Å². The fourth-order valence-corrected chi connectivity index (χ4v) is 2.19. The highest BCUT2D eigenvalue weighted by molar-refractivity contribution is 7.13. The van der Waals surface area contributed by atoms with E-state index in [0.717, 1.165) is 35.2 Å². The van der Waals surface area contributed by atoms with E-state index in [1.54, 1.807) is 11.3 Å². The number of nitrogens with one attached hydrogen (secondary N) is 1. The van der Waals surface area contributed by atoms with Gasteiger partial charge in [0.05, 0.1) is 0 Å². The Labute approximate surface area is 105 Å². The van der Waals surface area contributed by atoms with Crippen LogP contribution in [0.2, 0.25) is 0 Å². The molecule has 17 heavy (non-hydrogen) atoms. The Morgan fingerprint density at radius 2 is 2.00 bits per heavy atom. The summed E-state index contributed by atoms with van der Waals surface area (Å²) in [5.41, 5.74) is 1.97.